The number of hydrogen-bond donors (Lipinski definition) is 1. The monoisotopic (exact) mass is 492 g/mol. The number of alkyl halides is 3. The average Bonchev–Trinajstić information content (AvgIpc) is 2.87. The van der Waals surface area contributed by atoms with E-state index < -0.39 is 11.7 Å². The summed E-state index contributed by atoms with van der Waals surface area (Å²) in [7, 11) is 1.50. The zero-order chi connectivity index (χ0) is 26.4. The van der Waals surface area contributed by atoms with Crippen LogP contribution in [0.25, 0.3) is 0 Å². The predicted molar refractivity (Wildman–Crippen MR) is 140 cm³/mol. The Morgan fingerprint density at radius 1 is 0.943 bits per heavy atom. The summed E-state index contributed by atoms with van der Waals surface area (Å²) in [6.45, 7) is 13.3. The summed E-state index contributed by atoms with van der Waals surface area (Å²) < 4.78 is 44.6. The molecular formula is C29H43F3N2O. The fraction of sp³-hybridized carbons (Fsp3) is 0.517. The van der Waals surface area contributed by atoms with E-state index in [4.69, 9.17) is 4.74 Å². The fourth-order valence-corrected chi connectivity index (χ4v) is 4.01. The summed E-state index contributed by atoms with van der Waals surface area (Å²) in [5.74, 6) is 0.811. The normalized spacial score (nSPS) is 14.8. The van der Waals surface area contributed by atoms with Gasteiger partial charge < -0.3 is 10.5 Å². The van der Waals surface area contributed by atoms with Crippen LogP contribution in [0.3, 0.4) is 0 Å². The topological polar surface area (TPSA) is 38.5 Å². The fourth-order valence-electron chi connectivity index (χ4n) is 4.01. The second kappa shape index (κ2) is 15.6. The molecule has 1 aliphatic carbocycles. The van der Waals surface area contributed by atoms with Gasteiger partial charge in [0.2, 0.25) is 0 Å². The molecular weight excluding hydrogens is 449 g/mol. The standard InChI is InChI=1S/C26H32F3NO.C2H6.CH5N/c1-19(2)20(3)31-25-15-11-22(12-16-25)18-30(24-7-5-4-6-8-24)17-21-9-13-23(14-10-21)26(27,28)29;2*1-2/h9-16,20,24H,1,4-8,17-18H2,2-3H3;1-2H3;2H2,1H3. The molecule has 6 heteroatoms. The van der Waals surface area contributed by atoms with Gasteiger partial charge in [-0.1, -0.05) is 64.0 Å². The van der Waals surface area contributed by atoms with Gasteiger partial charge in [0.1, 0.15) is 11.9 Å². The van der Waals surface area contributed by atoms with E-state index in [2.05, 4.69) is 29.3 Å². The van der Waals surface area contributed by atoms with Gasteiger partial charge in [0.15, 0.2) is 0 Å². The summed E-state index contributed by atoms with van der Waals surface area (Å²) in [6.07, 6.45) is 1.62. The van der Waals surface area contributed by atoms with Crippen molar-refractivity contribution in [2.75, 3.05) is 7.05 Å². The van der Waals surface area contributed by atoms with Crippen molar-refractivity contribution in [1.29, 1.82) is 0 Å². The quantitative estimate of drug-likeness (QED) is 0.380. The van der Waals surface area contributed by atoms with Crippen LogP contribution in [0.5, 0.6) is 5.75 Å². The first-order chi connectivity index (χ1) is 16.7. The smallest absolute Gasteiger partial charge is 0.416 e. The van der Waals surface area contributed by atoms with E-state index in [0.717, 1.165) is 36.3 Å². The third-order valence-corrected chi connectivity index (χ3v) is 6.07. The van der Waals surface area contributed by atoms with E-state index in [0.29, 0.717) is 12.6 Å². The number of halogens is 3. The highest BCUT2D eigenvalue weighted by atomic mass is 19.4. The molecule has 1 aliphatic rings. The minimum atomic E-state index is -4.30. The molecule has 0 aromatic heterocycles. The summed E-state index contributed by atoms with van der Waals surface area (Å²) in [5.41, 5.74) is 6.96. The average molecular weight is 493 g/mol. The Balaban J connectivity index is 0.00000145. The zero-order valence-electron chi connectivity index (χ0n) is 22.0. The first-order valence-corrected chi connectivity index (χ1v) is 12.6. The molecule has 0 heterocycles. The van der Waals surface area contributed by atoms with Crippen LogP contribution < -0.4 is 10.5 Å². The first-order valence-electron chi connectivity index (χ1n) is 12.6. The number of nitrogens with zero attached hydrogens (tertiary/aromatic N) is 1. The van der Waals surface area contributed by atoms with E-state index >= 15 is 0 Å². The zero-order valence-corrected chi connectivity index (χ0v) is 22.0. The lowest BCUT2D eigenvalue weighted by atomic mass is 9.93. The van der Waals surface area contributed by atoms with Gasteiger partial charge in [-0.15, -0.1) is 0 Å². The molecule has 0 amide bonds. The summed E-state index contributed by atoms with van der Waals surface area (Å²) in [6, 6.07) is 14.1. The largest absolute Gasteiger partial charge is 0.486 e. The van der Waals surface area contributed by atoms with Gasteiger partial charge in [-0.25, -0.2) is 0 Å². The van der Waals surface area contributed by atoms with E-state index in [1.165, 1.54) is 44.0 Å². The molecule has 1 unspecified atom stereocenters. The van der Waals surface area contributed by atoms with Gasteiger partial charge >= 0.3 is 6.18 Å². The number of rotatable bonds is 8. The van der Waals surface area contributed by atoms with E-state index in [-0.39, 0.29) is 6.10 Å². The number of nitrogens with two attached hydrogens (primary N) is 1. The van der Waals surface area contributed by atoms with Crippen molar-refractivity contribution in [1.82, 2.24) is 4.90 Å². The highest BCUT2D eigenvalue weighted by Crippen LogP contribution is 2.30. The Morgan fingerprint density at radius 2 is 1.40 bits per heavy atom. The molecule has 0 radical (unpaired) electrons. The van der Waals surface area contributed by atoms with Crippen molar-refractivity contribution >= 4 is 0 Å². The van der Waals surface area contributed by atoms with Crippen molar-refractivity contribution < 1.29 is 17.9 Å². The summed E-state index contributed by atoms with van der Waals surface area (Å²) >= 11 is 0. The van der Waals surface area contributed by atoms with Gasteiger partial charge in [-0.3, -0.25) is 4.90 Å². The maximum absolute atomic E-state index is 12.9. The minimum absolute atomic E-state index is 0.0377. The van der Waals surface area contributed by atoms with Crippen molar-refractivity contribution in [3.8, 4) is 5.75 Å². The Kier molecular flexibility index (Phi) is 13.7. The second-order valence-electron chi connectivity index (χ2n) is 8.64. The maximum atomic E-state index is 12.9. The molecule has 2 N–H and O–H groups in total. The third kappa shape index (κ3) is 10.5. The SMILES string of the molecule is C=C(C)C(C)Oc1ccc(CN(Cc2ccc(C(F)(F)F)cc2)C2CCCCC2)cc1.CC.CN. The lowest BCUT2D eigenvalue weighted by Crippen LogP contribution is -2.35. The van der Waals surface area contributed by atoms with Crippen LogP contribution in [-0.2, 0) is 19.3 Å². The number of benzene rings is 2. The van der Waals surface area contributed by atoms with Gasteiger partial charge in [-0.2, -0.15) is 13.2 Å². The van der Waals surface area contributed by atoms with Crippen molar-refractivity contribution in [3.05, 3.63) is 77.4 Å². The Bertz CT molecular complexity index is 842. The molecule has 1 saturated carbocycles. The molecule has 2 aromatic rings. The number of hydrogen-bond acceptors (Lipinski definition) is 3. The van der Waals surface area contributed by atoms with E-state index in [1.54, 1.807) is 12.1 Å². The molecule has 3 rings (SSSR count). The summed E-state index contributed by atoms with van der Waals surface area (Å²) in [5, 5.41) is 0. The highest BCUT2D eigenvalue weighted by Gasteiger charge is 2.30. The van der Waals surface area contributed by atoms with Crippen LogP contribution in [0, 0.1) is 0 Å². The molecule has 2 aromatic carbocycles. The molecule has 0 aliphatic heterocycles. The predicted octanol–water partition coefficient (Wildman–Crippen LogP) is 7.98. The molecule has 35 heavy (non-hydrogen) atoms. The van der Waals surface area contributed by atoms with Crippen LogP contribution in [-0.4, -0.2) is 24.1 Å². The minimum Gasteiger partial charge on any atom is -0.486 e. The third-order valence-electron chi connectivity index (χ3n) is 6.07. The van der Waals surface area contributed by atoms with Crippen LogP contribution in [0.15, 0.2) is 60.7 Å². The van der Waals surface area contributed by atoms with Crippen LogP contribution in [0.4, 0.5) is 13.2 Å². The van der Waals surface area contributed by atoms with E-state index in [9.17, 15) is 13.2 Å². The second-order valence-corrected chi connectivity index (χ2v) is 8.64. The molecule has 1 atom stereocenters. The lowest BCUT2D eigenvalue weighted by molar-refractivity contribution is -0.137. The van der Waals surface area contributed by atoms with Gasteiger partial charge in [0, 0.05) is 19.1 Å². The molecule has 0 saturated heterocycles. The highest BCUT2D eigenvalue weighted by molar-refractivity contribution is 5.29. The molecule has 3 nitrogen and oxygen atoms in total. The van der Waals surface area contributed by atoms with Crippen LogP contribution in [0.1, 0.15) is 76.5 Å². The first kappa shape index (κ1) is 30.7. The van der Waals surface area contributed by atoms with Crippen molar-refractivity contribution in [3.63, 3.8) is 0 Å². The lowest BCUT2D eigenvalue weighted by Gasteiger charge is -2.34. The van der Waals surface area contributed by atoms with Crippen LogP contribution >= 0.6 is 0 Å². The maximum Gasteiger partial charge on any atom is 0.416 e. The number of ether oxygens (including phenoxy) is 1. The molecule has 0 spiro atoms. The Morgan fingerprint density at radius 3 is 1.83 bits per heavy atom. The van der Waals surface area contributed by atoms with Gasteiger partial charge in [0.25, 0.3) is 0 Å². The van der Waals surface area contributed by atoms with Crippen molar-refractivity contribution in [2.24, 2.45) is 5.73 Å². The molecule has 196 valence electrons. The Hall–Kier alpha value is -2.31. The van der Waals surface area contributed by atoms with Crippen LogP contribution in [0.2, 0.25) is 0 Å². The molecule has 0 bridgehead atoms. The van der Waals surface area contributed by atoms with Gasteiger partial charge in [0.05, 0.1) is 5.56 Å². The van der Waals surface area contributed by atoms with E-state index in [1.807, 2.05) is 39.8 Å². The van der Waals surface area contributed by atoms with Crippen molar-refractivity contribution in [2.45, 2.75) is 91.2 Å². The summed E-state index contributed by atoms with van der Waals surface area (Å²) in [4.78, 5) is 2.41. The molecule has 1 fully saturated rings. The Labute approximate surface area is 210 Å². The van der Waals surface area contributed by atoms with Gasteiger partial charge in [-0.05, 0) is 74.7 Å².